The molecule has 17 heavy (non-hydrogen) atoms. The molecule has 0 aromatic carbocycles. The van der Waals surface area contributed by atoms with E-state index in [1.54, 1.807) is 0 Å². The van der Waals surface area contributed by atoms with E-state index in [2.05, 4.69) is 21.2 Å². The number of halogens is 1. The van der Waals surface area contributed by atoms with Crippen molar-refractivity contribution >= 4 is 21.8 Å². The molecule has 0 spiro atoms. The van der Waals surface area contributed by atoms with Gasteiger partial charge in [0.1, 0.15) is 0 Å². The van der Waals surface area contributed by atoms with Gasteiger partial charge in [0.2, 0.25) is 5.91 Å². The number of carbonyl (C=O) groups excluding carboxylic acids is 1. The topological polar surface area (TPSA) is 29.1 Å². The summed E-state index contributed by atoms with van der Waals surface area (Å²) >= 11 is 3.67. The second-order valence-electron chi connectivity index (χ2n) is 6.29. The first-order chi connectivity index (χ1) is 8.22. The minimum absolute atomic E-state index is 0.346. The van der Waals surface area contributed by atoms with Crippen LogP contribution in [0.25, 0.3) is 0 Å². The third-order valence-electron chi connectivity index (χ3n) is 4.96. The fourth-order valence-corrected chi connectivity index (χ4v) is 4.17. The normalized spacial score (nSPS) is 44.2. The quantitative estimate of drug-likeness (QED) is 0.797. The molecule has 1 N–H and O–H groups in total. The van der Waals surface area contributed by atoms with E-state index in [0.717, 1.165) is 29.1 Å². The second kappa shape index (κ2) is 4.91. The number of rotatable bonds is 3. The Morgan fingerprint density at radius 1 is 1.06 bits per heavy atom. The Bertz CT molecular complexity index is 289. The lowest BCUT2D eigenvalue weighted by atomic mass is 9.89. The molecule has 0 aromatic heterocycles. The van der Waals surface area contributed by atoms with Gasteiger partial charge in [-0.1, -0.05) is 15.9 Å². The standard InChI is InChI=1S/C14H22BrNO/c15-13-3-1-9(2-4-13)8-16-14(17)12-6-10-5-11(10)7-12/h9-13H,1-8H2,(H,16,17). The number of hydrogen-bond acceptors (Lipinski definition) is 1. The van der Waals surface area contributed by atoms with Crippen molar-refractivity contribution in [2.24, 2.45) is 23.7 Å². The lowest BCUT2D eigenvalue weighted by Crippen LogP contribution is -2.35. The molecule has 0 aliphatic heterocycles. The average molecular weight is 300 g/mol. The Morgan fingerprint density at radius 2 is 1.71 bits per heavy atom. The maximum absolute atomic E-state index is 12.0. The van der Waals surface area contributed by atoms with E-state index >= 15 is 0 Å². The smallest absolute Gasteiger partial charge is 0.223 e. The van der Waals surface area contributed by atoms with Crippen molar-refractivity contribution in [3.8, 4) is 0 Å². The van der Waals surface area contributed by atoms with E-state index in [1.807, 2.05) is 0 Å². The van der Waals surface area contributed by atoms with Crippen molar-refractivity contribution in [2.75, 3.05) is 6.54 Å². The van der Waals surface area contributed by atoms with Crippen LogP contribution >= 0.6 is 15.9 Å². The Hall–Kier alpha value is -0.0500. The summed E-state index contributed by atoms with van der Waals surface area (Å²) in [6.45, 7) is 0.921. The van der Waals surface area contributed by atoms with E-state index in [0.29, 0.717) is 11.8 Å². The lowest BCUT2D eigenvalue weighted by Gasteiger charge is -2.25. The van der Waals surface area contributed by atoms with Gasteiger partial charge in [-0.15, -0.1) is 0 Å². The van der Waals surface area contributed by atoms with Gasteiger partial charge in [0.15, 0.2) is 0 Å². The first-order valence-corrected chi connectivity index (χ1v) is 8.05. The highest BCUT2D eigenvalue weighted by Gasteiger charge is 2.47. The molecule has 0 aromatic rings. The molecule has 3 rings (SSSR count). The van der Waals surface area contributed by atoms with E-state index in [1.165, 1.54) is 44.9 Å². The van der Waals surface area contributed by atoms with Gasteiger partial charge < -0.3 is 5.32 Å². The second-order valence-corrected chi connectivity index (χ2v) is 7.58. The maximum atomic E-state index is 12.0. The fourth-order valence-electron chi connectivity index (χ4n) is 3.64. The van der Waals surface area contributed by atoms with Crippen molar-refractivity contribution in [2.45, 2.75) is 49.8 Å². The molecule has 0 bridgehead atoms. The van der Waals surface area contributed by atoms with Crippen LogP contribution in [0.5, 0.6) is 0 Å². The van der Waals surface area contributed by atoms with Crippen molar-refractivity contribution in [1.29, 1.82) is 0 Å². The molecule has 2 nitrogen and oxygen atoms in total. The van der Waals surface area contributed by atoms with Crippen LogP contribution in [-0.4, -0.2) is 17.3 Å². The Kier molecular flexibility index (Phi) is 3.47. The predicted molar refractivity (Wildman–Crippen MR) is 72.0 cm³/mol. The number of alkyl halides is 1. The van der Waals surface area contributed by atoms with Crippen LogP contribution in [0.4, 0.5) is 0 Å². The first kappa shape index (κ1) is 12.0. The Labute approximate surface area is 112 Å². The summed E-state index contributed by atoms with van der Waals surface area (Å²) in [7, 11) is 0. The van der Waals surface area contributed by atoms with Crippen molar-refractivity contribution in [1.82, 2.24) is 5.32 Å². The minimum atomic E-state index is 0.346. The SMILES string of the molecule is O=C(NCC1CCC(Br)CC1)C1CC2CC2C1. The van der Waals surface area contributed by atoms with Crippen LogP contribution in [0.1, 0.15) is 44.9 Å². The number of nitrogens with one attached hydrogen (secondary N) is 1. The molecule has 2 unspecified atom stereocenters. The highest BCUT2D eigenvalue weighted by Crippen LogP contribution is 2.54. The molecule has 0 radical (unpaired) electrons. The summed E-state index contributed by atoms with van der Waals surface area (Å²) in [4.78, 5) is 12.7. The molecule has 3 heteroatoms. The van der Waals surface area contributed by atoms with Gasteiger partial charge in [0.25, 0.3) is 0 Å². The third-order valence-corrected chi connectivity index (χ3v) is 5.87. The molecular weight excluding hydrogens is 278 g/mol. The van der Waals surface area contributed by atoms with Gasteiger partial charge in [-0.25, -0.2) is 0 Å². The van der Waals surface area contributed by atoms with Crippen LogP contribution < -0.4 is 5.32 Å². The summed E-state index contributed by atoms with van der Waals surface area (Å²) in [5.41, 5.74) is 0. The summed E-state index contributed by atoms with van der Waals surface area (Å²) in [5, 5.41) is 3.20. The summed E-state index contributed by atoms with van der Waals surface area (Å²) in [6, 6.07) is 0. The number of hydrogen-bond donors (Lipinski definition) is 1. The van der Waals surface area contributed by atoms with Crippen LogP contribution in [0.3, 0.4) is 0 Å². The van der Waals surface area contributed by atoms with Gasteiger partial charge in [-0.2, -0.15) is 0 Å². The van der Waals surface area contributed by atoms with Crippen molar-refractivity contribution in [3.63, 3.8) is 0 Å². The fraction of sp³-hybridized carbons (Fsp3) is 0.929. The molecule has 3 fully saturated rings. The summed E-state index contributed by atoms with van der Waals surface area (Å²) in [6.07, 6.45) is 8.83. The van der Waals surface area contributed by atoms with Gasteiger partial charge >= 0.3 is 0 Å². The monoisotopic (exact) mass is 299 g/mol. The van der Waals surface area contributed by atoms with E-state index in [4.69, 9.17) is 0 Å². The van der Waals surface area contributed by atoms with Gasteiger partial charge in [0, 0.05) is 17.3 Å². The highest BCUT2D eigenvalue weighted by atomic mass is 79.9. The predicted octanol–water partition coefficient (Wildman–Crippen LogP) is 3.10. The zero-order valence-corrected chi connectivity index (χ0v) is 11.9. The molecular formula is C14H22BrNO. The van der Waals surface area contributed by atoms with Crippen molar-refractivity contribution < 1.29 is 4.79 Å². The average Bonchev–Trinajstić information content (AvgIpc) is 2.95. The van der Waals surface area contributed by atoms with E-state index in [-0.39, 0.29) is 0 Å². The molecule has 1 amide bonds. The Morgan fingerprint density at radius 3 is 2.35 bits per heavy atom. The maximum Gasteiger partial charge on any atom is 0.223 e. The largest absolute Gasteiger partial charge is 0.356 e. The van der Waals surface area contributed by atoms with Gasteiger partial charge in [-0.3, -0.25) is 4.79 Å². The van der Waals surface area contributed by atoms with Gasteiger partial charge in [0.05, 0.1) is 0 Å². The highest BCUT2D eigenvalue weighted by molar-refractivity contribution is 9.09. The molecule has 96 valence electrons. The van der Waals surface area contributed by atoms with Crippen LogP contribution in [0.15, 0.2) is 0 Å². The number of carbonyl (C=O) groups is 1. The van der Waals surface area contributed by atoms with Crippen LogP contribution in [0, 0.1) is 23.7 Å². The Balaban J connectivity index is 1.37. The minimum Gasteiger partial charge on any atom is -0.356 e. The molecule has 0 heterocycles. The lowest BCUT2D eigenvalue weighted by molar-refractivity contribution is -0.125. The van der Waals surface area contributed by atoms with Crippen LogP contribution in [-0.2, 0) is 4.79 Å². The van der Waals surface area contributed by atoms with Crippen LogP contribution in [0.2, 0.25) is 0 Å². The first-order valence-electron chi connectivity index (χ1n) is 7.14. The van der Waals surface area contributed by atoms with E-state index < -0.39 is 0 Å². The molecule has 3 saturated carbocycles. The molecule has 3 aliphatic rings. The van der Waals surface area contributed by atoms with Gasteiger partial charge in [-0.05, 0) is 62.7 Å². The summed E-state index contributed by atoms with van der Waals surface area (Å²) < 4.78 is 0. The molecule has 2 atom stereocenters. The summed E-state index contributed by atoms with van der Waals surface area (Å²) in [5.74, 6) is 3.25. The van der Waals surface area contributed by atoms with E-state index in [9.17, 15) is 4.79 Å². The molecule has 0 saturated heterocycles. The molecule has 3 aliphatic carbocycles. The third kappa shape index (κ3) is 2.86. The zero-order chi connectivity index (χ0) is 11.8. The zero-order valence-electron chi connectivity index (χ0n) is 10.3. The van der Waals surface area contributed by atoms with Crippen molar-refractivity contribution in [3.05, 3.63) is 0 Å². The number of amides is 1. The number of fused-ring (bicyclic) bond motifs is 1.